The lowest BCUT2D eigenvalue weighted by atomic mass is 10.0. The number of hydrogen-bond acceptors (Lipinski definition) is 8. The molecule has 0 radical (unpaired) electrons. The molecule has 1 aromatic carbocycles. The zero-order valence-electron chi connectivity index (χ0n) is 24.5. The lowest BCUT2D eigenvalue weighted by molar-refractivity contribution is -0.142. The standard InChI is InChI=1S/C28H45N9O5S/c1-43-14-11-22(27(41)42)36-26(40)23(15-17-16-34-20-9-3-2-7-18(17)20)37-25(39)21(10-6-13-33-28(31)32)35-24(38)19(30)8-4-5-12-29/h2-3,7,9,16,19,21-23,34H,4-6,8,10-15,29-30H2,1H3,(H,35,38)(H,36,40)(H,37,39)(H,41,42)(H4,31,32,33). The first-order chi connectivity index (χ1) is 20.6. The predicted octanol–water partition coefficient (Wildman–Crippen LogP) is -0.488. The molecule has 15 heteroatoms. The molecule has 1 heterocycles. The van der Waals surface area contributed by atoms with Crippen molar-refractivity contribution in [1.29, 1.82) is 0 Å². The van der Waals surface area contributed by atoms with Gasteiger partial charge in [-0.25, -0.2) is 4.79 Å². The van der Waals surface area contributed by atoms with E-state index in [1.54, 1.807) is 6.20 Å². The van der Waals surface area contributed by atoms with Gasteiger partial charge in [0.25, 0.3) is 0 Å². The minimum Gasteiger partial charge on any atom is -0.480 e. The van der Waals surface area contributed by atoms with Crippen LogP contribution >= 0.6 is 11.8 Å². The molecule has 0 spiro atoms. The van der Waals surface area contributed by atoms with Gasteiger partial charge in [-0.3, -0.25) is 19.4 Å². The number of unbranched alkanes of at least 4 members (excludes halogenated alkanes) is 1. The van der Waals surface area contributed by atoms with Gasteiger partial charge in [0.2, 0.25) is 17.7 Å². The van der Waals surface area contributed by atoms with Crippen molar-refractivity contribution in [2.75, 3.05) is 25.1 Å². The zero-order chi connectivity index (χ0) is 31.8. The number of carboxylic acid groups (broad SMARTS) is 1. The summed E-state index contributed by atoms with van der Waals surface area (Å²) in [5, 5.41) is 18.5. The van der Waals surface area contributed by atoms with Crippen molar-refractivity contribution in [3.8, 4) is 0 Å². The van der Waals surface area contributed by atoms with E-state index in [2.05, 4.69) is 25.9 Å². The number of hydrogen-bond donors (Lipinski definition) is 9. The number of benzene rings is 1. The van der Waals surface area contributed by atoms with Gasteiger partial charge < -0.3 is 49.0 Å². The maximum absolute atomic E-state index is 13.6. The average Bonchev–Trinajstić information content (AvgIpc) is 3.38. The molecule has 4 atom stereocenters. The van der Waals surface area contributed by atoms with Crippen molar-refractivity contribution in [2.24, 2.45) is 27.9 Å². The molecule has 3 amide bonds. The molecule has 0 fully saturated rings. The van der Waals surface area contributed by atoms with Gasteiger partial charge in [-0.05, 0) is 62.3 Å². The maximum Gasteiger partial charge on any atom is 0.326 e. The molecule has 1 aromatic heterocycles. The molecule has 0 saturated heterocycles. The number of guanidine groups is 1. The highest BCUT2D eigenvalue weighted by Crippen LogP contribution is 2.19. The minimum atomic E-state index is -1.17. The average molecular weight is 620 g/mol. The van der Waals surface area contributed by atoms with Gasteiger partial charge in [0.1, 0.15) is 18.1 Å². The van der Waals surface area contributed by atoms with Crippen LogP contribution in [0.2, 0.25) is 0 Å². The third-order valence-corrected chi connectivity index (χ3v) is 7.49. The number of carboxylic acids is 1. The largest absolute Gasteiger partial charge is 0.480 e. The molecular weight excluding hydrogens is 574 g/mol. The highest BCUT2D eigenvalue weighted by Gasteiger charge is 2.31. The molecular formula is C28H45N9O5S. The van der Waals surface area contributed by atoms with Crippen LogP contribution in [-0.4, -0.2) is 89.0 Å². The van der Waals surface area contributed by atoms with Crippen molar-refractivity contribution in [3.63, 3.8) is 0 Å². The third-order valence-electron chi connectivity index (χ3n) is 6.84. The van der Waals surface area contributed by atoms with E-state index in [0.717, 1.165) is 16.5 Å². The molecule has 13 N–H and O–H groups in total. The number of carbonyl (C=O) groups is 4. The molecule has 238 valence electrons. The Hall–Kier alpha value is -3.82. The van der Waals surface area contributed by atoms with Crippen LogP contribution in [0.4, 0.5) is 0 Å². The van der Waals surface area contributed by atoms with Gasteiger partial charge in [0.15, 0.2) is 5.96 Å². The molecule has 43 heavy (non-hydrogen) atoms. The van der Waals surface area contributed by atoms with E-state index in [4.69, 9.17) is 22.9 Å². The van der Waals surface area contributed by atoms with E-state index in [0.29, 0.717) is 38.0 Å². The Morgan fingerprint density at radius 2 is 1.60 bits per heavy atom. The number of H-pyrrole nitrogens is 1. The van der Waals surface area contributed by atoms with E-state index in [1.165, 1.54) is 11.8 Å². The summed E-state index contributed by atoms with van der Waals surface area (Å²) in [6.45, 7) is 0.698. The molecule has 4 unspecified atom stereocenters. The van der Waals surface area contributed by atoms with E-state index < -0.39 is 47.9 Å². The van der Waals surface area contributed by atoms with Crippen molar-refractivity contribution in [1.82, 2.24) is 20.9 Å². The number of thioether (sulfide) groups is 1. The smallest absolute Gasteiger partial charge is 0.326 e. The first-order valence-electron chi connectivity index (χ1n) is 14.3. The number of aromatic amines is 1. The number of aliphatic carboxylic acids is 1. The van der Waals surface area contributed by atoms with Crippen LogP contribution in [0.15, 0.2) is 35.5 Å². The molecule has 0 saturated carbocycles. The van der Waals surface area contributed by atoms with Crippen molar-refractivity contribution < 1.29 is 24.3 Å². The summed E-state index contributed by atoms with van der Waals surface area (Å²) in [5.41, 5.74) is 24.0. The second-order valence-corrected chi connectivity index (χ2v) is 11.2. The highest BCUT2D eigenvalue weighted by atomic mass is 32.2. The Morgan fingerprint density at radius 1 is 0.930 bits per heavy atom. The summed E-state index contributed by atoms with van der Waals surface area (Å²) in [6.07, 6.45) is 6.14. The molecule has 0 aliphatic heterocycles. The maximum atomic E-state index is 13.6. The molecule has 2 rings (SSSR count). The van der Waals surface area contributed by atoms with Crippen LogP contribution in [0.1, 0.15) is 44.1 Å². The van der Waals surface area contributed by atoms with Gasteiger partial charge >= 0.3 is 5.97 Å². The number of nitrogens with two attached hydrogens (primary N) is 4. The summed E-state index contributed by atoms with van der Waals surface area (Å²) in [6, 6.07) is 3.32. The Kier molecular flexibility index (Phi) is 15.4. The van der Waals surface area contributed by atoms with Gasteiger partial charge in [-0.15, -0.1) is 0 Å². The van der Waals surface area contributed by atoms with Crippen molar-refractivity contribution >= 4 is 52.3 Å². The Morgan fingerprint density at radius 3 is 2.28 bits per heavy atom. The van der Waals surface area contributed by atoms with E-state index >= 15 is 0 Å². The fourth-order valence-corrected chi connectivity index (χ4v) is 4.93. The Labute approximate surface area is 255 Å². The second kappa shape index (κ2) is 18.7. The normalized spacial score (nSPS) is 13.8. The lowest BCUT2D eigenvalue weighted by Crippen LogP contribution is -2.57. The zero-order valence-corrected chi connectivity index (χ0v) is 25.3. The van der Waals surface area contributed by atoms with Crippen molar-refractivity contribution in [3.05, 3.63) is 36.0 Å². The number of aromatic nitrogens is 1. The fraction of sp³-hybridized carbons (Fsp3) is 0.536. The van der Waals surface area contributed by atoms with Gasteiger partial charge in [0.05, 0.1) is 6.04 Å². The Bertz CT molecular complexity index is 1230. The number of amides is 3. The quantitative estimate of drug-likeness (QED) is 0.0522. The van der Waals surface area contributed by atoms with Crippen molar-refractivity contribution in [2.45, 2.75) is 69.1 Å². The number of carbonyl (C=O) groups excluding carboxylic acids is 3. The number of fused-ring (bicyclic) bond motifs is 1. The summed E-state index contributed by atoms with van der Waals surface area (Å²) in [4.78, 5) is 58.9. The summed E-state index contributed by atoms with van der Waals surface area (Å²) in [7, 11) is 0. The van der Waals surface area contributed by atoms with Crippen LogP contribution in [0.3, 0.4) is 0 Å². The number of para-hydroxylation sites is 1. The van der Waals surface area contributed by atoms with E-state index in [-0.39, 0.29) is 31.8 Å². The van der Waals surface area contributed by atoms with Gasteiger partial charge in [-0.2, -0.15) is 11.8 Å². The van der Waals surface area contributed by atoms with Crippen LogP contribution in [0.25, 0.3) is 10.9 Å². The minimum absolute atomic E-state index is 0.0731. The molecule has 14 nitrogen and oxygen atoms in total. The first-order valence-corrected chi connectivity index (χ1v) is 15.7. The second-order valence-electron chi connectivity index (χ2n) is 10.2. The fourth-order valence-electron chi connectivity index (χ4n) is 4.46. The first kappa shape index (κ1) is 35.4. The number of nitrogens with zero attached hydrogens (tertiary/aromatic N) is 1. The predicted molar refractivity (Wildman–Crippen MR) is 169 cm³/mol. The SMILES string of the molecule is CSCCC(NC(=O)C(Cc1c[nH]c2ccccc12)NC(=O)C(CCCN=C(N)N)NC(=O)C(N)CCCCN)C(=O)O. The molecule has 0 aliphatic rings. The van der Waals surface area contributed by atoms with Gasteiger partial charge in [-0.1, -0.05) is 24.6 Å². The number of nitrogens with one attached hydrogen (secondary N) is 4. The summed E-state index contributed by atoms with van der Waals surface area (Å²) in [5.74, 6) is -2.55. The lowest BCUT2D eigenvalue weighted by Gasteiger charge is -2.25. The number of rotatable bonds is 20. The van der Waals surface area contributed by atoms with Crippen LogP contribution in [0, 0.1) is 0 Å². The molecule has 0 aliphatic carbocycles. The van der Waals surface area contributed by atoms with Crippen LogP contribution in [-0.2, 0) is 25.6 Å². The topological polar surface area (TPSA) is 257 Å². The van der Waals surface area contributed by atoms with Crippen LogP contribution < -0.4 is 38.9 Å². The van der Waals surface area contributed by atoms with Crippen LogP contribution in [0.5, 0.6) is 0 Å². The number of aliphatic imine (C=N–C) groups is 1. The summed E-state index contributed by atoms with van der Waals surface area (Å²) >= 11 is 1.46. The molecule has 2 aromatic rings. The Balaban J connectivity index is 2.30. The van der Waals surface area contributed by atoms with E-state index in [9.17, 15) is 24.3 Å². The van der Waals surface area contributed by atoms with Gasteiger partial charge in [0, 0.05) is 30.1 Å². The monoisotopic (exact) mass is 619 g/mol. The third kappa shape index (κ3) is 12.1. The summed E-state index contributed by atoms with van der Waals surface area (Å²) < 4.78 is 0. The molecule has 0 bridgehead atoms. The highest BCUT2D eigenvalue weighted by molar-refractivity contribution is 7.98. The van der Waals surface area contributed by atoms with E-state index in [1.807, 2.05) is 30.5 Å².